The normalized spacial score (nSPS) is 10.7. The number of hydrogen-bond donors (Lipinski definition) is 0. The Kier molecular flexibility index (Phi) is 4.48. The molecule has 0 fully saturated rings. The second-order valence-corrected chi connectivity index (χ2v) is 3.65. The SMILES string of the molecule is O=C(CCCl)c1c(Cl)cccc1C(F)F. The zero-order valence-electron chi connectivity index (χ0n) is 7.64. The number of rotatable bonds is 4. The highest BCUT2D eigenvalue weighted by Gasteiger charge is 2.20. The number of alkyl halides is 3. The molecule has 0 aliphatic rings. The van der Waals surface area contributed by atoms with Gasteiger partial charge in [0.25, 0.3) is 6.43 Å². The summed E-state index contributed by atoms with van der Waals surface area (Å²) in [4.78, 5) is 11.5. The molecular weight excluding hydrogens is 245 g/mol. The molecule has 0 aromatic heterocycles. The van der Waals surface area contributed by atoms with Crippen molar-refractivity contribution >= 4 is 29.0 Å². The average molecular weight is 253 g/mol. The summed E-state index contributed by atoms with van der Waals surface area (Å²) < 4.78 is 25.1. The molecule has 0 radical (unpaired) electrons. The minimum absolute atomic E-state index is 0.00497. The molecule has 1 rings (SSSR count). The number of benzene rings is 1. The molecule has 0 unspecified atom stereocenters. The van der Waals surface area contributed by atoms with Gasteiger partial charge in [-0.05, 0) is 6.07 Å². The van der Waals surface area contributed by atoms with Gasteiger partial charge in [0.1, 0.15) is 0 Å². The Labute approximate surface area is 96.0 Å². The molecule has 0 saturated heterocycles. The van der Waals surface area contributed by atoms with E-state index in [4.69, 9.17) is 23.2 Å². The lowest BCUT2D eigenvalue weighted by Crippen LogP contribution is -2.05. The van der Waals surface area contributed by atoms with Crippen molar-refractivity contribution < 1.29 is 13.6 Å². The predicted molar refractivity (Wildman–Crippen MR) is 56.1 cm³/mol. The third-order valence-corrected chi connectivity index (χ3v) is 2.39. The topological polar surface area (TPSA) is 17.1 Å². The van der Waals surface area contributed by atoms with Crippen molar-refractivity contribution in [3.63, 3.8) is 0 Å². The van der Waals surface area contributed by atoms with E-state index in [1.54, 1.807) is 0 Å². The first-order chi connectivity index (χ1) is 7.07. The molecule has 82 valence electrons. The Bertz CT molecular complexity index is 366. The highest BCUT2D eigenvalue weighted by atomic mass is 35.5. The number of halogens is 4. The summed E-state index contributed by atoms with van der Waals surface area (Å²) in [6, 6.07) is 3.99. The van der Waals surface area contributed by atoms with Crippen LogP contribution >= 0.6 is 23.2 Å². The van der Waals surface area contributed by atoms with Crippen molar-refractivity contribution in [3.8, 4) is 0 Å². The lowest BCUT2D eigenvalue weighted by Gasteiger charge is -2.08. The van der Waals surface area contributed by atoms with Gasteiger partial charge in [0.15, 0.2) is 5.78 Å². The van der Waals surface area contributed by atoms with E-state index in [0.717, 1.165) is 0 Å². The monoisotopic (exact) mass is 252 g/mol. The molecule has 1 nitrogen and oxygen atoms in total. The van der Waals surface area contributed by atoms with Crippen LogP contribution in [0, 0.1) is 0 Å². The first-order valence-electron chi connectivity index (χ1n) is 4.23. The minimum Gasteiger partial charge on any atom is -0.294 e. The summed E-state index contributed by atoms with van der Waals surface area (Å²) in [7, 11) is 0. The summed E-state index contributed by atoms with van der Waals surface area (Å²) in [5, 5.41) is 0.0444. The molecule has 15 heavy (non-hydrogen) atoms. The van der Waals surface area contributed by atoms with Crippen LogP contribution in [0.25, 0.3) is 0 Å². The van der Waals surface area contributed by atoms with Crippen LogP contribution in [0.2, 0.25) is 5.02 Å². The molecule has 1 aromatic carbocycles. The number of hydrogen-bond acceptors (Lipinski definition) is 1. The third-order valence-electron chi connectivity index (χ3n) is 1.88. The van der Waals surface area contributed by atoms with E-state index in [9.17, 15) is 13.6 Å². The summed E-state index contributed by atoms with van der Waals surface area (Å²) in [5.74, 6) is -0.363. The van der Waals surface area contributed by atoms with Crippen LogP contribution < -0.4 is 0 Å². The Morgan fingerprint density at radius 1 is 1.40 bits per heavy atom. The van der Waals surface area contributed by atoms with E-state index >= 15 is 0 Å². The van der Waals surface area contributed by atoms with Crippen molar-refractivity contribution in [3.05, 3.63) is 34.3 Å². The van der Waals surface area contributed by atoms with Gasteiger partial charge in [-0.25, -0.2) is 8.78 Å². The smallest absolute Gasteiger partial charge is 0.264 e. The fraction of sp³-hybridized carbons (Fsp3) is 0.300. The second kappa shape index (κ2) is 5.42. The van der Waals surface area contributed by atoms with Gasteiger partial charge >= 0.3 is 0 Å². The van der Waals surface area contributed by atoms with Crippen LogP contribution in [0.5, 0.6) is 0 Å². The summed E-state index contributed by atoms with van der Waals surface area (Å²) in [6.07, 6.45) is -2.71. The molecule has 0 heterocycles. The Morgan fingerprint density at radius 2 is 2.07 bits per heavy atom. The maximum atomic E-state index is 12.6. The molecule has 0 saturated carbocycles. The zero-order valence-corrected chi connectivity index (χ0v) is 9.16. The van der Waals surface area contributed by atoms with Crippen LogP contribution in [-0.4, -0.2) is 11.7 Å². The van der Waals surface area contributed by atoms with E-state index in [0.29, 0.717) is 0 Å². The Morgan fingerprint density at radius 3 is 2.60 bits per heavy atom. The fourth-order valence-corrected chi connectivity index (χ4v) is 1.69. The molecule has 1 aromatic rings. The van der Waals surface area contributed by atoms with Gasteiger partial charge in [0, 0.05) is 23.4 Å². The molecule has 0 aliphatic carbocycles. The maximum absolute atomic E-state index is 12.6. The molecule has 0 N–H and O–H groups in total. The molecule has 5 heteroatoms. The third kappa shape index (κ3) is 2.89. The highest BCUT2D eigenvalue weighted by Crippen LogP contribution is 2.29. The van der Waals surface area contributed by atoms with Crippen LogP contribution in [0.4, 0.5) is 8.78 Å². The number of ketones is 1. The fourth-order valence-electron chi connectivity index (χ4n) is 1.23. The van der Waals surface area contributed by atoms with E-state index in [1.807, 2.05) is 0 Å². The summed E-state index contributed by atoms with van der Waals surface area (Å²) in [6.45, 7) is 0. The van der Waals surface area contributed by atoms with Gasteiger partial charge < -0.3 is 0 Å². The molecule has 0 atom stereocenters. The average Bonchev–Trinajstić information content (AvgIpc) is 2.17. The maximum Gasteiger partial charge on any atom is 0.264 e. The standard InChI is InChI=1S/C10H8Cl2F2O/c11-5-4-8(15)9-6(10(13)14)2-1-3-7(9)12/h1-3,10H,4-5H2. The van der Waals surface area contributed by atoms with Gasteiger partial charge in [-0.2, -0.15) is 0 Å². The molecular formula is C10H8Cl2F2O. The van der Waals surface area contributed by atoms with Crippen molar-refractivity contribution in [2.45, 2.75) is 12.8 Å². The highest BCUT2D eigenvalue weighted by molar-refractivity contribution is 6.34. The Hall–Kier alpha value is -0.670. The zero-order chi connectivity index (χ0) is 11.4. The van der Waals surface area contributed by atoms with Crippen molar-refractivity contribution in [2.75, 3.05) is 5.88 Å². The minimum atomic E-state index is -2.71. The van der Waals surface area contributed by atoms with E-state index < -0.39 is 12.2 Å². The van der Waals surface area contributed by atoms with Crippen LogP contribution in [-0.2, 0) is 0 Å². The molecule has 0 bridgehead atoms. The van der Waals surface area contributed by atoms with E-state index in [-0.39, 0.29) is 28.5 Å². The van der Waals surface area contributed by atoms with Crippen molar-refractivity contribution in [2.24, 2.45) is 0 Å². The van der Waals surface area contributed by atoms with Crippen LogP contribution in [0.1, 0.15) is 28.8 Å². The lowest BCUT2D eigenvalue weighted by molar-refractivity contribution is 0.0975. The number of carbonyl (C=O) groups excluding carboxylic acids is 1. The number of carbonyl (C=O) groups is 1. The summed E-state index contributed by atoms with van der Waals surface area (Å²) >= 11 is 11.1. The van der Waals surface area contributed by atoms with E-state index in [2.05, 4.69) is 0 Å². The van der Waals surface area contributed by atoms with Crippen LogP contribution in [0.3, 0.4) is 0 Å². The van der Waals surface area contributed by atoms with Crippen LogP contribution in [0.15, 0.2) is 18.2 Å². The van der Waals surface area contributed by atoms with Crippen molar-refractivity contribution in [1.29, 1.82) is 0 Å². The van der Waals surface area contributed by atoms with Crippen molar-refractivity contribution in [1.82, 2.24) is 0 Å². The first-order valence-corrected chi connectivity index (χ1v) is 5.15. The first kappa shape index (κ1) is 12.4. The van der Waals surface area contributed by atoms with Gasteiger partial charge in [-0.15, -0.1) is 11.6 Å². The number of Topliss-reactive ketones (excluding diaryl/α,β-unsaturated/α-hetero) is 1. The second-order valence-electron chi connectivity index (χ2n) is 2.87. The van der Waals surface area contributed by atoms with Gasteiger partial charge in [-0.1, -0.05) is 23.7 Å². The molecule has 0 spiro atoms. The largest absolute Gasteiger partial charge is 0.294 e. The van der Waals surface area contributed by atoms with Gasteiger partial charge in [0.2, 0.25) is 0 Å². The predicted octanol–water partition coefficient (Wildman–Crippen LogP) is 4.09. The van der Waals surface area contributed by atoms with Gasteiger partial charge in [0.05, 0.1) is 5.02 Å². The summed E-state index contributed by atoms with van der Waals surface area (Å²) in [5.41, 5.74) is -0.451. The molecule has 0 amide bonds. The van der Waals surface area contributed by atoms with E-state index in [1.165, 1.54) is 18.2 Å². The lowest BCUT2D eigenvalue weighted by atomic mass is 10.0. The Balaban J connectivity index is 3.18. The quantitative estimate of drug-likeness (QED) is 0.583. The molecule has 0 aliphatic heterocycles. The van der Waals surface area contributed by atoms with Gasteiger partial charge in [-0.3, -0.25) is 4.79 Å².